The average molecular weight is 333 g/mol. The van der Waals surface area contributed by atoms with E-state index in [1.807, 2.05) is 0 Å². The number of ketones is 1. The van der Waals surface area contributed by atoms with E-state index < -0.39 is 23.8 Å². The van der Waals surface area contributed by atoms with Crippen molar-refractivity contribution in [3.63, 3.8) is 0 Å². The number of nitrogens with one attached hydrogen (secondary N) is 1. The normalized spacial score (nSPS) is 11.8. The maximum Gasteiger partial charge on any atom is 0.342 e. The number of ether oxygens (including phenoxy) is 2. The van der Waals surface area contributed by atoms with Gasteiger partial charge in [0.1, 0.15) is 6.26 Å². The molecule has 24 heavy (non-hydrogen) atoms. The maximum absolute atomic E-state index is 12.5. The summed E-state index contributed by atoms with van der Waals surface area (Å²) in [4.78, 5) is 39.3. The van der Waals surface area contributed by atoms with E-state index in [-0.39, 0.29) is 17.9 Å². The van der Waals surface area contributed by atoms with E-state index in [0.29, 0.717) is 16.8 Å². The van der Waals surface area contributed by atoms with Gasteiger partial charge in [-0.15, -0.1) is 0 Å². The number of carbonyl (C=O) groups excluding carboxylic acids is 3. The first-order chi connectivity index (χ1) is 11.4. The molecule has 2 aromatic rings. The van der Waals surface area contributed by atoms with Crippen LogP contribution in [0.4, 0.5) is 0 Å². The number of hydrogen-bond acceptors (Lipinski definition) is 6. The Bertz CT molecular complexity index is 756. The number of esters is 2. The number of rotatable bonds is 6. The first-order valence-electron chi connectivity index (χ1n) is 7.50. The van der Waals surface area contributed by atoms with Crippen LogP contribution in [0.15, 0.2) is 23.0 Å². The Labute approximate surface area is 138 Å². The van der Waals surface area contributed by atoms with Crippen LogP contribution in [0.2, 0.25) is 0 Å². The highest BCUT2D eigenvalue weighted by molar-refractivity contribution is 6.04. The van der Waals surface area contributed by atoms with Crippen molar-refractivity contribution >= 4 is 17.7 Å². The van der Waals surface area contributed by atoms with Crippen LogP contribution in [-0.4, -0.2) is 35.4 Å². The summed E-state index contributed by atoms with van der Waals surface area (Å²) in [6.45, 7) is 6.75. The zero-order valence-corrected chi connectivity index (χ0v) is 14.0. The summed E-state index contributed by atoms with van der Waals surface area (Å²) >= 11 is 0. The molecule has 0 bridgehead atoms. The van der Waals surface area contributed by atoms with Gasteiger partial charge in [0.05, 0.1) is 29.7 Å². The second-order valence-electron chi connectivity index (χ2n) is 5.27. The molecule has 0 unspecified atom stereocenters. The average Bonchev–Trinajstić information content (AvgIpc) is 3.15. The molecular weight excluding hydrogens is 314 g/mol. The van der Waals surface area contributed by atoms with Crippen molar-refractivity contribution in [2.45, 2.75) is 33.8 Å². The molecular formula is C17H19NO6. The van der Waals surface area contributed by atoms with Crippen LogP contribution in [0.5, 0.6) is 0 Å². The maximum atomic E-state index is 12.5. The first-order valence-corrected chi connectivity index (χ1v) is 7.50. The van der Waals surface area contributed by atoms with Crippen LogP contribution in [0, 0.1) is 13.8 Å². The minimum atomic E-state index is -1.01. The van der Waals surface area contributed by atoms with Crippen molar-refractivity contribution in [1.29, 1.82) is 0 Å². The standard InChI is InChI=1S/C17H19NO6/c1-5-23-17(21)13-9(2)14(18-10(13)3)15(19)11(4)24-16(20)12-6-7-22-8-12/h6-8,11,18H,5H2,1-4H3/t11-/m0/s1. The number of hydrogen-bond donors (Lipinski definition) is 1. The number of carbonyl (C=O) groups is 3. The van der Waals surface area contributed by atoms with Crippen LogP contribution in [-0.2, 0) is 9.47 Å². The third kappa shape index (κ3) is 3.40. The molecule has 0 aliphatic rings. The van der Waals surface area contributed by atoms with Crippen LogP contribution in [0.1, 0.15) is 56.3 Å². The zero-order valence-electron chi connectivity index (χ0n) is 14.0. The zero-order chi connectivity index (χ0) is 17.9. The molecule has 2 heterocycles. The van der Waals surface area contributed by atoms with Crippen LogP contribution in [0.3, 0.4) is 0 Å². The fourth-order valence-corrected chi connectivity index (χ4v) is 2.37. The number of aromatic amines is 1. The Hall–Kier alpha value is -2.83. The lowest BCUT2D eigenvalue weighted by Gasteiger charge is -2.11. The molecule has 7 heteroatoms. The molecule has 2 rings (SSSR count). The molecule has 128 valence electrons. The van der Waals surface area contributed by atoms with Gasteiger partial charge >= 0.3 is 11.9 Å². The minimum Gasteiger partial charge on any atom is -0.472 e. The Balaban J connectivity index is 2.19. The molecule has 0 aromatic carbocycles. The second-order valence-corrected chi connectivity index (χ2v) is 5.27. The molecule has 0 amide bonds. The number of Topliss-reactive ketones (excluding diaryl/α,β-unsaturated/α-hetero) is 1. The third-order valence-corrected chi connectivity index (χ3v) is 3.57. The molecule has 0 saturated carbocycles. The predicted molar refractivity (Wildman–Crippen MR) is 84.1 cm³/mol. The van der Waals surface area contributed by atoms with Gasteiger partial charge in [-0.2, -0.15) is 0 Å². The third-order valence-electron chi connectivity index (χ3n) is 3.57. The molecule has 0 aliphatic carbocycles. The van der Waals surface area contributed by atoms with Crippen molar-refractivity contribution < 1.29 is 28.3 Å². The smallest absolute Gasteiger partial charge is 0.342 e. The number of aromatic nitrogens is 1. The lowest BCUT2D eigenvalue weighted by molar-refractivity contribution is 0.0316. The van der Waals surface area contributed by atoms with Gasteiger partial charge in [0.15, 0.2) is 6.10 Å². The Kier molecular flexibility index (Phi) is 5.23. The lowest BCUT2D eigenvalue weighted by Crippen LogP contribution is -2.25. The summed E-state index contributed by atoms with van der Waals surface area (Å²) in [5.41, 5.74) is 1.78. The highest BCUT2D eigenvalue weighted by Crippen LogP contribution is 2.21. The van der Waals surface area contributed by atoms with E-state index in [1.165, 1.54) is 25.5 Å². The summed E-state index contributed by atoms with van der Waals surface area (Å²) in [6, 6.07) is 1.45. The fourth-order valence-electron chi connectivity index (χ4n) is 2.37. The van der Waals surface area contributed by atoms with E-state index in [2.05, 4.69) is 4.98 Å². The SMILES string of the molecule is CCOC(=O)c1c(C)[nH]c(C(=O)[C@H](C)OC(=O)c2ccoc2)c1C. The van der Waals surface area contributed by atoms with Crippen LogP contribution >= 0.6 is 0 Å². The molecule has 0 fully saturated rings. The Morgan fingerprint density at radius 2 is 1.96 bits per heavy atom. The quantitative estimate of drug-likeness (QED) is 0.644. The summed E-state index contributed by atoms with van der Waals surface area (Å²) in [5, 5.41) is 0. The number of aryl methyl sites for hydroxylation is 1. The molecule has 7 nitrogen and oxygen atoms in total. The van der Waals surface area contributed by atoms with Gasteiger partial charge in [0, 0.05) is 5.69 Å². The highest BCUT2D eigenvalue weighted by atomic mass is 16.5. The van der Waals surface area contributed by atoms with Gasteiger partial charge < -0.3 is 18.9 Å². The van der Waals surface area contributed by atoms with Gasteiger partial charge in [-0.1, -0.05) is 0 Å². The molecule has 0 saturated heterocycles. The first kappa shape index (κ1) is 17.5. The van der Waals surface area contributed by atoms with E-state index in [0.717, 1.165) is 0 Å². The number of H-pyrrole nitrogens is 1. The highest BCUT2D eigenvalue weighted by Gasteiger charge is 2.27. The van der Waals surface area contributed by atoms with Crippen molar-refractivity contribution in [3.05, 3.63) is 46.7 Å². The van der Waals surface area contributed by atoms with Crippen LogP contribution in [0.25, 0.3) is 0 Å². The van der Waals surface area contributed by atoms with Gasteiger partial charge in [0.2, 0.25) is 5.78 Å². The molecule has 1 atom stereocenters. The minimum absolute atomic E-state index is 0.223. The van der Waals surface area contributed by atoms with Gasteiger partial charge in [-0.05, 0) is 39.3 Å². The largest absolute Gasteiger partial charge is 0.472 e. The van der Waals surface area contributed by atoms with Gasteiger partial charge in [-0.25, -0.2) is 9.59 Å². The van der Waals surface area contributed by atoms with Crippen molar-refractivity contribution in [1.82, 2.24) is 4.98 Å². The summed E-state index contributed by atoms with van der Waals surface area (Å²) in [5.74, 6) is -1.58. The molecule has 0 aliphatic heterocycles. The van der Waals surface area contributed by atoms with E-state index in [1.54, 1.807) is 20.8 Å². The predicted octanol–water partition coefficient (Wildman–Crippen LogP) is 2.83. The molecule has 0 spiro atoms. The summed E-state index contributed by atoms with van der Waals surface area (Å²) < 4.78 is 14.9. The van der Waals surface area contributed by atoms with Gasteiger partial charge in [0.25, 0.3) is 0 Å². The van der Waals surface area contributed by atoms with E-state index in [4.69, 9.17) is 13.9 Å². The summed E-state index contributed by atoms with van der Waals surface area (Å²) in [7, 11) is 0. The van der Waals surface area contributed by atoms with Crippen molar-refractivity contribution in [2.75, 3.05) is 6.61 Å². The lowest BCUT2D eigenvalue weighted by atomic mass is 10.1. The van der Waals surface area contributed by atoms with E-state index in [9.17, 15) is 14.4 Å². The molecule has 1 N–H and O–H groups in total. The summed E-state index contributed by atoms with van der Waals surface area (Å²) in [6.07, 6.45) is 1.56. The van der Waals surface area contributed by atoms with Crippen molar-refractivity contribution in [3.8, 4) is 0 Å². The topological polar surface area (TPSA) is 98.6 Å². The molecule has 2 aromatic heterocycles. The van der Waals surface area contributed by atoms with Crippen LogP contribution < -0.4 is 0 Å². The van der Waals surface area contributed by atoms with Gasteiger partial charge in [-0.3, -0.25) is 4.79 Å². The Morgan fingerprint density at radius 3 is 2.54 bits per heavy atom. The van der Waals surface area contributed by atoms with E-state index >= 15 is 0 Å². The monoisotopic (exact) mass is 333 g/mol. The van der Waals surface area contributed by atoms with Crippen molar-refractivity contribution in [2.24, 2.45) is 0 Å². The fraction of sp³-hybridized carbons (Fsp3) is 0.353. The second kappa shape index (κ2) is 7.16. The number of furan rings is 1. The Morgan fingerprint density at radius 1 is 1.25 bits per heavy atom. The molecule has 0 radical (unpaired) electrons.